The van der Waals surface area contributed by atoms with Crippen molar-refractivity contribution in [3.05, 3.63) is 29.0 Å². The average Bonchev–Trinajstić information content (AvgIpc) is 3.24. The Labute approximate surface area is 152 Å². The second kappa shape index (κ2) is 8.01. The number of nitrogens with zero attached hydrogens (tertiary/aromatic N) is 3. The maximum absolute atomic E-state index is 12.0. The number of thiophene rings is 1. The molecule has 2 aromatic heterocycles. The monoisotopic (exact) mass is 363 g/mol. The molecule has 0 bridgehead atoms. The normalized spacial score (nSPS) is 15.8. The summed E-state index contributed by atoms with van der Waals surface area (Å²) in [4.78, 5) is 21.8. The van der Waals surface area contributed by atoms with E-state index in [1.807, 2.05) is 38.3 Å². The Morgan fingerprint density at radius 2 is 2.12 bits per heavy atom. The van der Waals surface area contributed by atoms with E-state index in [-0.39, 0.29) is 6.09 Å². The lowest BCUT2D eigenvalue weighted by molar-refractivity contribution is 0.0672. The van der Waals surface area contributed by atoms with E-state index in [0.717, 1.165) is 36.0 Å². The summed E-state index contributed by atoms with van der Waals surface area (Å²) in [5.74, 6) is 1.92. The Morgan fingerprint density at radius 3 is 2.76 bits per heavy atom. The van der Waals surface area contributed by atoms with Crippen LogP contribution in [0.25, 0.3) is 10.8 Å². The maximum Gasteiger partial charge on any atom is 0.409 e. The van der Waals surface area contributed by atoms with Crippen molar-refractivity contribution in [3.63, 3.8) is 0 Å². The number of amides is 1. The summed E-state index contributed by atoms with van der Waals surface area (Å²) in [5, 5.41) is 2.02. The largest absolute Gasteiger partial charge is 0.449 e. The summed E-state index contributed by atoms with van der Waals surface area (Å²) < 4.78 is 11.1. The van der Waals surface area contributed by atoms with E-state index in [1.54, 1.807) is 16.2 Å². The highest BCUT2D eigenvalue weighted by Gasteiger charge is 2.24. The first-order valence-corrected chi connectivity index (χ1v) is 9.55. The molecule has 3 heterocycles. The molecule has 136 valence electrons. The molecular formula is C18H25N3O3S. The van der Waals surface area contributed by atoms with E-state index in [1.165, 1.54) is 0 Å². The topological polar surface area (TPSA) is 58.8 Å². The van der Waals surface area contributed by atoms with Gasteiger partial charge in [0.15, 0.2) is 0 Å². The zero-order valence-corrected chi connectivity index (χ0v) is 15.8. The number of aryl methyl sites for hydroxylation is 1. The third-order valence-corrected chi connectivity index (χ3v) is 5.03. The first kappa shape index (κ1) is 17.9. The van der Waals surface area contributed by atoms with Gasteiger partial charge in [0, 0.05) is 32.7 Å². The minimum absolute atomic E-state index is 0.203. The van der Waals surface area contributed by atoms with Crippen molar-refractivity contribution in [2.24, 2.45) is 5.92 Å². The molecule has 1 aliphatic rings. The van der Waals surface area contributed by atoms with Gasteiger partial charge in [-0.1, -0.05) is 19.9 Å². The number of oxazole rings is 1. The van der Waals surface area contributed by atoms with Crippen LogP contribution in [0.1, 0.15) is 25.3 Å². The molecule has 25 heavy (non-hydrogen) atoms. The van der Waals surface area contributed by atoms with Crippen LogP contribution in [0.15, 0.2) is 21.9 Å². The van der Waals surface area contributed by atoms with Crippen LogP contribution in [0.3, 0.4) is 0 Å². The van der Waals surface area contributed by atoms with Gasteiger partial charge >= 0.3 is 6.09 Å². The van der Waals surface area contributed by atoms with Gasteiger partial charge in [-0.05, 0) is 24.3 Å². The van der Waals surface area contributed by atoms with Gasteiger partial charge < -0.3 is 14.1 Å². The fourth-order valence-corrected chi connectivity index (χ4v) is 3.36. The summed E-state index contributed by atoms with van der Waals surface area (Å²) >= 11 is 1.63. The van der Waals surface area contributed by atoms with Gasteiger partial charge in [-0.3, -0.25) is 4.90 Å². The predicted molar refractivity (Wildman–Crippen MR) is 97.6 cm³/mol. The standard InChI is InChI=1S/C18H25N3O3S/c1-13(2)12-23-18(22)21-8-6-20(7-9-21)11-15-14(3)24-17(19-15)16-5-4-10-25-16/h4-5,10,13H,6-9,11-12H2,1-3H3. The SMILES string of the molecule is Cc1oc(-c2cccs2)nc1CN1CCN(C(=O)OCC(C)C)CC1. The van der Waals surface area contributed by atoms with Crippen LogP contribution in [0.2, 0.25) is 0 Å². The third-order valence-electron chi connectivity index (χ3n) is 4.17. The molecule has 7 heteroatoms. The van der Waals surface area contributed by atoms with Gasteiger partial charge in [-0.15, -0.1) is 11.3 Å². The van der Waals surface area contributed by atoms with Crippen LogP contribution in [0, 0.1) is 12.8 Å². The summed E-state index contributed by atoms with van der Waals surface area (Å²) in [6.45, 7) is 10.3. The number of carbonyl (C=O) groups is 1. The second-order valence-electron chi connectivity index (χ2n) is 6.73. The van der Waals surface area contributed by atoms with Crippen molar-refractivity contribution in [1.82, 2.24) is 14.8 Å². The molecule has 1 fully saturated rings. The number of carbonyl (C=O) groups excluding carboxylic acids is 1. The van der Waals surface area contributed by atoms with E-state index >= 15 is 0 Å². The smallest absolute Gasteiger partial charge is 0.409 e. The number of ether oxygens (including phenoxy) is 1. The van der Waals surface area contributed by atoms with E-state index in [9.17, 15) is 4.79 Å². The van der Waals surface area contributed by atoms with Crippen LogP contribution in [0.4, 0.5) is 4.79 Å². The highest BCUT2D eigenvalue weighted by Crippen LogP contribution is 2.26. The lowest BCUT2D eigenvalue weighted by Crippen LogP contribution is -2.48. The molecule has 0 aliphatic carbocycles. The molecule has 1 saturated heterocycles. The minimum Gasteiger partial charge on any atom is -0.449 e. The van der Waals surface area contributed by atoms with Crippen molar-refractivity contribution < 1.29 is 13.9 Å². The molecule has 1 aliphatic heterocycles. The molecule has 0 radical (unpaired) electrons. The number of rotatable bonds is 5. The highest BCUT2D eigenvalue weighted by molar-refractivity contribution is 7.13. The number of piperazine rings is 1. The third kappa shape index (κ3) is 4.61. The Bertz CT molecular complexity index is 688. The van der Waals surface area contributed by atoms with Crippen molar-refractivity contribution in [1.29, 1.82) is 0 Å². The van der Waals surface area contributed by atoms with Crippen LogP contribution in [0.5, 0.6) is 0 Å². The van der Waals surface area contributed by atoms with E-state index < -0.39 is 0 Å². The fraction of sp³-hybridized carbons (Fsp3) is 0.556. The van der Waals surface area contributed by atoms with Crippen molar-refractivity contribution in [3.8, 4) is 10.8 Å². The van der Waals surface area contributed by atoms with E-state index in [4.69, 9.17) is 9.15 Å². The first-order chi connectivity index (χ1) is 12.0. The van der Waals surface area contributed by atoms with Gasteiger partial charge in [0.05, 0.1) is 17.2 Å². The molecule has 6 nitrogen and oxygen atoms in total. The van der Waals surface area contributed by atoms with Crippen molar-refractivity contribution in [2.45, 2.75) is 27.3 Å². The van der Waals surface area contributed by atoms with Gasteiger partial charge in [0.1, 0.15) is 5.76 Å². The predicted octanol–water partition coefficient (Wildman–Crippen LogP) is 3.62. The summed E-state index contributed by atoms with van der Waals surface area (Å²) in [5.41, 5.74) is 0.972. The Morgan fingerprint density at radius 1 is 1.36 bits per heavy atom. The molecule has 1 amide bonds. The van der Waals surface area contributed by atoms with Crippen LogP contribution in [-0.4, -0.2) is 53.7 Å². The zero-order chi connectivity index (χ0) is 17.8. The highest BCUT2D eigenvalue weighted by atomic mass is 32.1. The minimum atomic E-state index is -0.203. The fourth-order valence-electron chi connectivity index (χ4n) is 2.71. The molecule has 0 aromatic carbocycles. The Balaban J connectivity index is 1.52. The zero-order valence-electron chi connectivity index (χ0n) is 15.0. The Hall–Kier alpha value is -1.86. The quantitative estimate of drug-likeness (QED) is 0.812. The van der Waals surface area contributed by atoms with Gasteiger partial charge in [-0.2, -0.15) is 0 Å². The molecule has 0 atom stereocenters. The number of aromatic nitrogens is 1. The number of hydrogen-bond acceptors (Lipinski definition) is 6. The number of hydrogen-bond donors (Lipinski definition) is 0. The average molecular weight is 363 g/mol. The second-order valence-corrected chi connectivity index (χ2v) is 7.68. The van der Waals surface area contributed by atoms with Crippen LogP contribution < -0.4 is 0 Å². The molecule has 0 unspecified atom stereocenters. The first-order valence-electron chi connectivity index (χ1n) is 8.67. The molecule has 0 spiro atoms. The lowest BCUT2D eigenvalue weighted by Gasteiger charge is -2.33. The summed E-state index contributed by atoms with van der Waals surface area (Å²) in [7, 11) is 0. The molecule has 3 rings (SSSR count). The Kier molecular flexibility index (Phi) is 5.75. The molecule has 0 N–H and O–H groups in total. The van der Waals surface area contributed by atoms with Gasteiger partial charge in [-0.25, -0.2) is 9.78 Å². The van der Waals surface area contributed by atoms with Gasteiger partial charge in [0.2, 0.25) is 5.89 Å². The van der Waals surface area contributed by atoms with E-state index in [0.29, 0.717) is 31.5 Å². The summed E-state index contributed by atoms with van der Waals surface area (Å²) in [6, 6.07) is 4.01. The molecule has 2 aromatic rings. The maximum atomic E-state index is 12.0. The van der Waals surface area contributed by atoms with Gasteiger partial charge in [0.25, 0.3) is 0 Å². The van der Waals surface area contributed by atoms with Crippen LogP contribution in [-0.2, 0) is 11.3 Å². The molecular weight excluding hydrogens is 338 g/mol. The van der Waals surface area contributed by atoms with Crippen molar-refractivity contribution in [2.75, 3.05) is 32.8 Å². The molecule has 0 saturated carbocycles. The lowest BCUT2D eigenvalue weighted by atomic mass is 10.2. The van der Waals surface area contributed by atoms with E-state index in [2.05, 4.69) is 9.88 Å². The van der Waals surface area contributed by atoms with Crippen molar-refractivity contribution >= 4 is 17.4 Å². The summed E-state index contributed by atoms with van der Waals surface area (Å²) in [6.07, 6.45) is -0.203. The van der Waals surface area contributed by atoms with Crippen LogP contribution >= 0.6 is 11.3 Å².